The van der Waals surface area contributed by atoms with Gasteiger partial charge in [0.15, 0.2) is 23.3 Å². The Hall–Kier alpha value is -1.86. The zero-order valence-electron chi connectivity index (χ0n) is 10.1. The van der Waals surface area contributed by atoms with Gasteiger partial charge in [0.1, 0.15) is 0 Å². The highest BCUT2D eigenvalue weighted by atomic mass is 32.2. The summed E-state index contributed by atoms with van der Waals surface area (Å²) in [6.07, 6.45) is 1.94. The van der Waals surface area contributed by atoms with Crippen molar-refractivity contribution >= 4 is 29.1 Å². The number of halogens is 2. The molecule has 4 nitrogen and oxygen atoms in total. The van der Waals surface area contributed by atoms with Crippen LogP contribution in [0.3, 0.4) is 0 Å². The highest BCUT2D eigenvalue weighted by molar-refractivity contribution is 7.98. The number of hydrogen-bond donors (Lipinski definition) is 3. The second-order valence-corrected chi connectivity index (χ2v) is 4.53. The van der Waals surface area contributed by atoms with Gasteiger partial charge in [-0.3, -0.25) is 0 Å². The van der Waals surface area contributed by atoms with E-state index in [2.05, 4.69) is 15.7 Å². The molecule has 100 valence electrons. The van der Waals surface area contributed by atoms with Crippen molar-refractivity contribution in [3.05, 3.63) is 42.0 Å². The first-order valence-corrected chi connectivity index (χ1v) is 6.60. The molecule has 0 radical (unpaired) electrons. The van der Waals surface area contributed by atoms with E-state index in [1.165, 1.54) is 0 Å². The molecular formula is C12H12F2N4S. The third kappa shape index (κ3) is 3.12. The quantitative estimate of drug-likeness (QED) is 0.457. The van der Waals surface area contributed by atoms with Crippen LogP contribution in [0.2, 0.25) is 0 Å². The van der Waals surface area contributed by atoms with E-state index in [1.54, 1.807) is 17.8 Å². The van der Waals surface area contributed by atoms with Gasteiger partial charge in [-0.05, 0) is 24.5 Å². The Bertz CT molecular complexity index is 592. The number of anilines is 3. The van der Waals surface area contributed by atoms with E-state index in [4.69, 9.17) is 5.84 Å². The minimum Gasteiger partial charge on any atom is -0.338 e. The number of aromatic nitrogens is 1. The number of benzene rings is 1. The standard InChI is InChI=1S/C12H12F2N4S/c1-19-8-4-2-3-7(5-8)16-11-9(13)6-10(14)12(17-11)18-15/h2-6H,15H2,1H3,(H2,16,17,18). The maximum atomic E-state index is 13.6. The average molecular weight is 282 g/mol. The summed E-state index contributed by atoms with van der Waals surface area (Å²) in [5.41, 5.74) is 2.73. The average Bonchev–Trinajstić information content (AvgIpc) is 2.42. The fourth-order valence-corrected chi connectivity index (χ4v) is 1.95. The molecule has 0 spiro atoms. The first kappa shape index (κ1) is 13.6. The molecule has 1 aromatic carbocycles. The number of nitrogens with two attached hydrogens (primary N) is 1. The minimum absolute atomic E-state index is 0.0902. The minimum atomic E-state index is -0.844. The smallest absolute Gasteiger partial charge is 0.178 e. The third-order valence-electron chi connectivity index (χ3n) is 2.40. The van der Waals surface area contributed by atoms with Gasteiger partial charge in [0.05, 0.1) is 0 Å². The van der Waals surface area contributed by atoms with Crippen LogP contribution in [-0.2, 0) is 0 Å². The van der Waals surface area contributed by atoms with Gasteiger partial charge < -0.3 is 10.7 Å². The van der Waals surface area contributed by atoms with E-state index in [-0.39, 0.29) is 11.6 Å². The molecule has 7 heteroatoms. The number of hydrazine groups is 1. The maximum Gasteiger partial charge on any atom is 0.178 e. The molecule has 0 atom stereocenters. The SMILES string of the molecule is CSc1cccc(Nc2nc(NN)c(F)cc2F)c1. The Morgan fingerprint density at radius 3 is 2.58 bits per heavy atom. The number of thioether (sulfide) groups is 1. The Labute approximate surface area is 113 Å². The van der Waals surface area contributed by atoms with Crippen LogP contribution in [0.15, 0.2) is 35.2 Å². The molecule has 0 aliphatic carbocycles. The number of pyridine rings is 1. The lowest BCUT2D eigenvalue weighted by Gasteiger charge is -2.10. The van der Waals surface area contributed by atoms with Crippen LogP contribution in [-0.4, -0.2) is 11.2 Å². The summed E-state index contributed by atoms with van der Waals surface area (Å²) in [5, 5.41) is 2.79. The largest absolute Gasteiger partial charge is 0.338 e. The van der Waals surface area contributed by atoms with Gasteiger partial charge in [0.25, 0.3) is 0 Å². The van der Waals surface area contributed by atoms with Gasteiger partial charge in [0.2, 0.25) is 0 Å². The van der Waals surface area contributed by atoms with Gasteiger partial charge >= 0.3 is 0 Å². The van der Waals surface area contributed by atoms with E-state index in [1.807, 2.05) is 24.5 Å². The predicted octanol–water partition coefficient (Wildman–Crippen LogP) is 3.11. The summed E-state index contributed by atoms with van der Waals surface area (Å²) < 4.78 is 26.8. The zero-order chi connectivity index (χ0) is 13.8. The summed E-state index contributed by atoms with van der Waals surface area (Å²) in [6.45, 7) is 0. The topological polar surface area (TPSA) is 63.0 Å². The van der Waals surface area contributed by atoms with E-state index >= 15 is 0 Å². The van der Waals surface area contributed by atoms with Crippen molar-refractivity contribution < 1.29 is 8.78 Å². The highest BCUT2D eigenvalue weighted by Gasteiger charge is 2.11. The van der Waals surface area contributed by atoms with Crippen LogP contribution in [0, 0.1) is 11.6 Å². The van der Waals surface area contributed by atoms with E-state index in [0.29, 0.717) is 5.69 Å². The summed E-state index contributed by atoms with van der Waals surface area (Å²) in [4.78, 5) is 4.76. The lowest BCUT2D eigenvalue weighted by atomic mass is 10.3. The Morgan fingerprint density at radius 1 is 1.16 bits per heavy atom. The Morgan fingerprint density at radius 2 is 1.89 bits per heavy atom. The Balaban J connectivity index is 2.32. The zero-order valence-corrected chi connectivity index (χ0v) is 10.9. The predicted molar refractivity (Wildman–Crippen MR) is 73.5 cm³/mol. The molecule has 4 N–H and O–H groups in total. The lowest BCUT2D eigenvalue weighted by Crippen LogP contribution is -2.12. The molecule has 0 saturated carbocycles. The molecule has 1 heterocycles. The van der Waals surface area contributed by atoms with Gasteiger partial charge in [-0.2, -0.15) is 0 Å². The summed E-state index contributed by atoms with van der Waals surface area (Å²) in [7, 11) is 0. The first-order valence-electron chi connectivity index (χ1n) is 5.37. The Kier molecular flexibility index (Phi) is 4.18. The monoisotopic (exact) mass is 282 g/mol. The number of nitrogen functional groups attached to an aromatic ring is 1. The van der Waals surface area contributed by atoms with E-state index in [0.717, 1.165) is 11.0 Å². The number of nitrogens with one attached hydrogen (secondary N) is 2. The van der Waals surface area contributed by atoms with Gasteiger partial charge in [-0.15, -0.1) is 11.8 Å². The molecule has 0 aliphatic rings. The highest BCUT2D eigenvalue weighted by Crippen LogP contribution is 2.24. The first-order chi connectivity index (χ1) is 9.13. The molecule has 0 bridgehead atoms. The molecule has 19 heavy (non-hydrogen) atoms. The number of hydrogen-bond acceptors (Lipinski definition) is 5. The van der Waals surface area contributed by atoms with Crippen LogP contribution in [0.4, 0.5) is 26.1 Å². The molecular weight excluding hydrogens is 270 g/mol. The van der Waals surface area contributed by atoms with Gasteiger partial charge in [-0.1, -0.05) is 6.07 Å². The van der Waals surface area contributed by atoms with Crippen molar-refractivity contribution in [2.24, 2.45) is 5.84 Å². The molecule has 2 rings (SSSR count). The van der Waals surface area contributed by atoms with E-state index in [9.17, 15) is 8.78 Å². The van der Waals surface area contributed by atoms with Crippen LogP contribution in [0.5, 0.6) is 0 Å². The molecule has 1 aromatic heterocycles. The van der Waals surface area contributed by atoms with Crippen molar-refractivity contribution in [2.45, 2.75) is 4.90 Å². The molecule has 2 aromatic rings. The second kappa shape index (κ2) is 5.85. The molecule has 0 amide bonds. The van der Waals surface area contributed by atoms with Crippen LogP contribution in [0.1, 0.15) is 0 Å². The molecule has 0 aliphatic heterocycles. The van der Waals surface area contributed by atoms with Crippen molar-refractivity contribution in [1.82, 2.24) is 4.98 Å². The van der Waals surface area contributed by atoms with Crippen molar-refractivity contribution in [3.63, 3.8) is 0 Å². The fourth-order valence-electron chi connectivity index (χ4n) is 1.49. The van der Waals surface area contributed by atoms with E-state index < -0.39 is 11.6 Å². The fraction of sp³-hybridized carbons (Fsp3) is 0.0833. The van der Waals surface area contributed by atoms with Crippen LogP contribution < -0.4 is 16.6 Å². The van der Waals surface area contributed by atoms with Crippen molar-refractivity contribution in [2.75, 3.05) is 17.0 Å². The lowest BCUT2D eigenvalue weighted by molar-refractivity contribution is 0.579. The van der Waals surface area contributed by atoms with Gasteiger partial charge in [-0.25, -0.2) is 19.6 Å². The van der Waals surface area contributed by atoms with Crippen molar-refractivity contribution in [1.29, 1.82) is 0 Å². The van der Waals surface area contributed by atoms with Gasteiger partial charge in [0, 0.05) is 16.6 Å². The van der Waals surface area contributed by atoms with Crippen LogP contribution in [0.25, 0.3) is 0 Å². The van der Waals surface area contributed by atoms with Crippen LogP contribution >= 0.6 is 11.8 Å². The summed E-state index contributed by atoms with van der Waals surface area (Å²) >= 11 is 1.56. The second-order valence-electron chi connectivity index (χ2n) is 3.65. The maximum absolute atomic E-state index is 13.6. The third-order valence-corrected chi connectivity index (χ3v) is 3.12. The summed E-state index contributed by atoms with van der Waals surface area (Å²) in [5.74, 6) is 3.16. The number of nitrogens with zero attached hydrogens (tertiary/aromatic N) is 1. The number of rotatable bonds is 4. The van der Waals surface area contributed by atoms with Crippen molar-refractivity contribution in [3.8, 4) is 0 Å². The normalized spacial score (nSPS) is 10.3. The summed E-state index contributed by atoms with van der Waals surface area (Å²) in [6, 6.07) is 8.09. The molecule has 0 fully saturated rings. The molecule has 0 saturated heterocycles. The molecule has 0 unspecified atom stereocenters.